The van der Waals surface area contributed by atoms with Crippen LogP contribution in [0.4, 0.5) is 5.69 Å². The highest BCUT2D eigenvalue weighted by atomic mass is 79.9. The van der Waals surface area contributed by atoms with Crippen LogP contribution in [0.2, 0.25) is 10.0 Å². The summed E-state index contributed by atoms with van der Waals surface area (Å²) in [7, 11) is 0. The molecule has 2 rings (SSSR count). The highest BCUT2D eigenvalue weighted by Crippen LogP contribution is 2.37. The molecule has 0 saturated heterocycles. The second kappa shape index (κ2) is 8.60. The molecule has 0 unspecified atom stereocenters. The molecule has 0 radical (unpaired) electrons. The molecule has 0 aromatic heterocycles. The van der Waals surface area contributed by atoms with Crippen molar-refractivity contribution in [2.24, 2.45) is 0 Å². The number of anilines is 1. The van der Waals surface area contributed by atoms with Gasteiger partial charge in [-0.2, -0.15) is 0 Å². The fourth-order valence-electron chi connectivity index (χ4n) is 2.03. The number of carbonyl (C=O) groups is 1. The Morgan fingerprint density at radius 1 is 1.12 bits per heavy atom. The maximum atomic E-state index is 12.5. The summed E-state index contributed by atoms with van der Waals surface area (Å²) in [5, 5.41) is 3.63. The second-order valence-corrected chi connectivity index (χ2v) is 6.43. The molecule has 0 bridgehead atoms. The number of halogens is 3. The average Bonchev–Trinajstić information content (AvgIpc) is 2.54. The minimum absolute atomic E-state index is 0.330. The van der Waals surface area contributed by atoms with Crippen LogP contribution in [-0.4, -0.2) is 19.1 Å². The van der Waals surface area contributed by atoms with E-state index in [1.165, 1.54) is 0 Å². The van der Waals surface area contributed by atoms with Crippen molar-refractivity contribution in [3.05, 3.63) is 50.4 Å². The van der Waals surface area contributed by atoms with Crippen molar-refractivity contribution in [1.29, 1.82) is 0 Å². The zero-order valence-corrected chi connectivity index (χ0v) is 16.3. The minimum atomic E-state index is -0.330. The molecule has 0 heterocycles. The molecular weight excluding hydrogens is 417 g/mol. The Labute approximate surface area is 159 Å². The van der Waals surface area contributed by atoms with Gasteiger partial charge in [0.2, 0.25) is 0 Å². The molecule has 0 aliphatic rings. The SMILES string of the molecule is CCOc1cc(C(=O)Nc2cc(Cl)ccc2Cl)cc(Br)c1OCC. The third kappa shape index (κ3) is 4.56. The Morgan fingerprint density at radius 2 is 1.83 bits per heavy atom. The van der Waals surface area contributed by atoms with Crippen molar-refractivity contribution >= 4 is 50.7 Å². The molecule has 2 aromatic carbocycles. The first kappa shape index (κ1) is 18.9. The monoisotopic (exact) mass is 431 g/mol. The number of amides is 1. The van der Waals surface area contributed by atoms with Crippen molar-refractivity contribution in [3.63, 3.8) is 0 Å². The van der Waals surface area contributed by atoms with Crippen molar-refractivity contribution in [1.82, 2.24) is 0 Å². The van der Waals surface area contributed by atoms with Gasteiger partial charge in [0.1, 0.15) is 0 Å². The van der Waals surface area contributed by atoms with E-state index in [1.807, 2.05) is 13.8 Å². The standard InChI is InChI=1S/C17H16BrCl2NO3/c1-3-23-15-8-10(7-12(18)16(15)24-4-2)17(22)21-14-9-11(19)5-6-13(14)20/h5-9H,3-4H2,1-2H3,(H,21,22). The predicted octanol–water partition coefficient (Wildman–Crippen LogP) is 5.81. The highest BCUT2D eigenvalue weighted by Gasteiger charge is 2.16. The smallest absolute Gasteiger partial charge is 0.255 e. The van der Waals surface area contributed by atoms with Gasteiger partial charge in [-0.05, 0) is 60.1 Å². The van der Waals surface area contributed by atoms with Gasteiger partial charge >= 0.3 is 0 Å². The number of hydrogen-bond acceptors (Lipinski definition) is 3. The Morgan fingerprint density at radius 3 is 2.50 bits per heavy atom. The Bertz CT molecular complexity index is 753. The topological polar surface area (TPSA) is 47.6 Å². The molecule has 0 atom stereocenters. The van der Waals surface area contributed by atoms with Crippen molar-refractivity contribution in [3.8, 4) is 11.5 Å². The number of carbonyl (C=O) groups excluding carboxylic acids is 1. The number of benzene rings is 2. The van der Waals surface area contributed by atoms with E-state index >= 15 is 0 Å². The first-order chi connectivity index (χ1) is 11.5. The quantitative estimate of drug-likeness (QED) is 0.626. The van der Waals surface area contributed by atoms with Crippen LogP contribution < -0.4 is 14.8 Å². The first-order valence-corrected chi connectivity index (χ1v) is 8.86. The fraction of sp³-hybridized carbons (Fsp3) is 0.235. The Balaban J connectivity index is 2.33. The van der Waals surface area contributed by atoms with E-state index in [1.54, 1.807) is 30.3 Å². The van der Waals surface area contributed by atoms with Gasteiger partial charge in [-0.3, -0.25) is 4.79 Å². The normalized spacial score (nSPS) is 10.4. The fourth-order valence-corrected chi connectivity index (χ4v) is 2.93. The van der Waals surface area contributed by atoms with E-state index < -0.39 is 0 Å². The van der Waals surface area contributed by atoms with Gasteiger partial charge in [-0.15, -0.1) is 0 Å². The van der Waals surface area contributed by atoms with Gasteiger partial charge in [0.05, 0.1) is 28.4 Å². The summed E-state index contributed by atoms with van der Waals surface area (Å²) in [6.45, 7) is 4.69. The third-order valence-electron chi connectivity index (χ3n) is 3.04. The zero-order chi connectivity index (χ0) is 17.7. The molecule has 7 heteroatoms. The molecule has 0 aliphatic carbocycles. The van der Waals surface area contributed by atoms with E-state index in [9.17, 15) is 4.79 Å². The van der Waals surface area contributed by atoms with Gasteiger partial charge in [0, 0.05) is 10.6 Å². The third-order valence-corrected chi connectivity index (χ3v) is 4.19. The molecule has 4 nitrogen and oxygen atoms in total. The lowest BCUT2D eigenvalue weighted by atomic mass is 10.1. The summed E-state index contributed by atoms with van der Waals surface area (Å²) in [6, 6.07) is 8.17. The molecule has 128 valence electrons. The summed E-state index contributed by atoms with van der Waals surface area (Å²) < 4.78 is 11.8. The number of rotatable bonds is 6. The number of hydrogen-bond donors (Lipinski definition) is 1. The summed E-state index contributed by atoms with van der Waals surface area (Å²) in [5.74, 6) is 0.733. The molecule has 0 spiro atoms. The summed E-state index contributed by atoms with van der Waals surface area (Å²) in [5.41, 5.74) is 0.849. The van der Waals surface area contributed by atoms with Gasteiger partial charge in [0.15, 0.2) is 11.5 Å². The minimum Gasteiger partial charge on any atom is -0.490 e. The zero-order valence-electron chi connectivity index (χ0n) is 13.2. The van der Waals surface area contributed by atoms with Gasteiger partial charge in [-0.1, -0.05) is 23.2 Å². The highest BCUT2D eigenvalue weighted by molar-refractivity contribution is 9.10. The van der Waals surface area contributed by atoms with Crippen molar-refractivity contribution < 1.29 is 14.3 Å². The molecule has 0 aliphatic heterocycles. The van der Waals surface area contributed by atoms with Gasteiger partial charge in [-0.25, -0.2) is 0 Å². The summed E-state index contributed by atoms with van der Waals surface area (Å²) in [6.07, 6.45) is 0. The second-order valence-electron chi connectivity index (χ2n) is 4.73. The van der Waals surface area contributed by atoms with E-state index in [2.05, 4.69) is 21.2 Å². The molecule has 0 fully saturated rings. The lowest BCUT2D eigenvalue weighted by molar-refractivity contribution is 0.102. The summed E-state index contributed by atoms with van der Waals surface area (Å²) >= 11 is 15.4. The molecular formula is C17H16BrCl2NO3. The molecule has 1 amide bonds. The lowest BCUT2D eigenvalue weighted by Crippen LogP contribution is -2.13. The van der Waals surface area contributed by atoms with Crippen LogP contribution in [0.3, 0.4) is 0 Å². The van der Waals surface area contributed by atoms with Crippen LogP contribution in [0.1, 0.15) is 24.2 Å². The van der Waals surface area contributed by atoms with Gasteiger partial charge < -0.3 is 14.8 Å². The van der Waals surface area contributed by atoms with Crippen LogP contribution in [0.15, 0.2) is 34.8 Å². The van der Waals surface area contributed by atoms with Crippen LogP contribution in [0, 0.1) is 0 Å². The number of nitrogens with one attached hydrogen (secondary N) is 1. The predicted molar refractivity (Wildman–Crippen MR) is 101 cm³/mol. The number of ether oxygens (including phenoxy) is 2. The van der Waals surface area contributed by atoms with E-state index in [0.29, 0.717) is 50.5 Å². The Hall–Kier alpha value is -1.43. The van der Waals surface area contributed by atoms with Crippen molar-refractivity contribution in [2.75, 3.05) is 18.5 Å². The largest absolute Gasteiger partial charge is 0.490 e. The van der Waals surface area contributed by atoms with Crippen molar-refractivity contribution in [2.45, 2.75) is 13.8 Å². The lowest BCUT2D eigenvalue weighted by Gasteiger charge is -2.15. The Kier molecular flexibility index (Phi) is 6.78. The summed E-state index contributed by atoms with van der Waals surface area (Å²) in [4.78, 5) is 12.5. The molecule has 1 N–H and O–H groups in total. The van der Waals surface area contributed by atoms with E-state index in [4.69, 9.17) is 32.7 Å². The molecule has 24 heavy (non-hydrogen) atoms. The average molecular weight is 433 g/mol. The van der Waals surface area contributed by atoms with Crippen LogP contribution >= 0.6 is 39.1 Å². The maximum absolute atomic E-state index is 12.5. The van der Waals surface area contributed by atoms with Crippen LogP contribution in [0.5, 0.6) is 11.5 Å². The van der Waals surface area contributed by atoms with Crippen LogP contribution in [0.25, 0.3) is 0 Å². The van der Waals surface area contributed by atoms with Crippen LogP contribution in [-0.2, 0) is 0 Å². The van der Waals surface area contributed by atoms with Gasteiger partial charge in [0.25, 0.3) is 5.91 Å². The molecule has 0 saturated carbocycles. The first-order valence-electron chi connectivity index (χ1n) is 7.31. The maximum Gasteiger partial charge on any atom is 0.255 e. The molecule has 2 aromatic rings. The van der Waals surface area contributed by atoms with E-state index in [0.717, 1.165) is 0 Å². The van der Waals surface area contributed by atoms with E-state index in [-0.39, 0.29) is 5.91 Å².